The fraction of sp³-hybridized carbons (Fsp3) is 0.267. The molecule has 0 saturated heterocycles. The fourth-order valence-electron chi connectivity index (χ4n) is 1.95. The first-order chi connectivity index (χ1) is 10.0. The molecule has 2 amide bonds. The highest BCUT2D eigenvalue weighted by Crippen LogP contribution is 2.19. The molecule has 0 aliphatic rings. The van der Waals surface area contributed by atoms with Gasteiger partial charge >= 0.3 is 0 Å². The molecule has 21 heavy (non-hydrogen) atoms. The van der Waals surface area contributed by atoms with Crippen molar-refractivity contribution in [3.63, 3.8) is 0 Å². The molecule has 110 valence electrons. The van der Waals surface area contributed by atoms with Crippen molar-refractivity contribution in [2.24, 2.45) is 0 Å². The molecule has 1 aromatic carbocycles. The lowest BCUT2D eigenvalue weighted by atomic mass is 10.1. The largest absolute Gasteiger partial charge is 0.348 e. The summed E-state index contributed by atoms with van der Waals surface area (Å²) in [5.74, 6) is -0.347. The van der Waals surface area contributed by atoms with E-state index in [-0.39, 0.29) is 11.8 Å². The van der Waals surface area contributed by atoms with E-state index in [1.165, 1.54) is 11.8 Å². The average molecular weight is 286 g/mol. The van der Waals surface area contributed by atoms with Crippen LogP contribution < -0.4 is 10.2 Å². The number of aromatic amines is 1. The molecule has 2 N–H and O–H groups in total. The van der Waals surface area contributed by atoms with Gasteiger partial charge in [0, 0.05) is 31.8 Å². The molecular formula is C15H18N4O2. The number of para-hydroxylation sites is 1. The van der Waals surface area contributed by atoms with Gasteiger partial charge in [-0.1, -0.05) is 12.1 Å². The summed E-state index contributed by atoms with van der Waals surface area (Å²) in [4.78, 5) is 25.3. The lowest BCUT2D eigenvalue weighted by Gasteiger charge is -2.18. The quantitative estimate of drug-likeness (QED) is 0.896. The molecule has 1 heterocycles. The van der Waals surface area contributed by atoms with Crippen molar-refractivity contribution in [2.45, 2.75) is 20.4 Å². The molecule has 0 unspecified atom stereocenters. The van der Waals surface area contributed by atoms with Gasteiger partial charge in [-0.05, 0) is 19.1 Å². The Hall–Kier alpha value is -2.63. The smallest absolute Gasteiger partial charge is 0.253 e. The van der Waals surface area contributed by atoms with Gasteiger partial charge in [-0.15, -0.1) is 0 Å². The maximum Gasteiger partial charge on any atom is 0.253 e. The molecule has 0 spiro atoms. The van der Waals surface area contributed by atoms with Gasteiger partial charge in [0.2, 0.25) is 5.91 Å². The molecule has 2 aromatic rings. The summed E-state index contributed by atoms with van der Waals surface area (Å²) in [5.41, 5.74) is 2.91. The van der Waals surface area contributed by atoms with Crippen LogP contribution in [0.2, 0.25) is 0 Å². The van der Waals surface area contributed by atoms with Crippen LogP contribution in [0.3, 0.4) is 0 Å². The number of nitrogens with one attached hydrogen (secondary N) is 2. The minimum atomic E-state index is -0.223. The Balaban J connectivity index is 2.16. The molecule has 0 fully saturated rings. The molecule has 6 heteroatoms. The normalized spacial score (nSPS) is 10.2. The molecule has 0 bridgehead atoms. The number of H-pyrrole nitrogens is 1. The molecule has 0 atom stereocenters. The number of rotatable bonds is 4. The highest BCUT2D eigenvalue weighted by Gasteiger charge is 2.16. The molecule has 2 rings (SSSR count). The van der Waals surface area contributed by atoms with E-state index in [4.69, 9.17) is 0 Å². The van der Waals surface area contributed by atoms with Crippen LogP contribution in [0.4, 0.5) is 5.69 Å². The van der Waals surface area contributed by atoms with E-state index in [0.29, 0.717) is 17.8 Å². The number of aromatic nitrogens is 2. The minimum absolute atomic E-state index is 0.124. The Morgan fingerprint density at radius 1 is 1.33 bits per heavy atom. The van der Waals surface area contributed by atoms with Gasteiger partial charge in [0.15, 0.2) is 0 Å². The van der Waals surface area contributed by atoms with Gasteiger partial charge in [0.1, 0.15) is 0 Å². The van der Waals surface area contributed by atoms with Gasteiger partial charge in [-0.2, -0.15) is 5.10 Å². The standard InChI is InChI=1S/C15H18N4O2/c1-10-12(9-17-18-10)8-16-15(21)13-6-4-5-7-14(13)19(3)11(2)20/h4-7,9H,8H2,1-3H3,(H,16,21)(H,17,18). The van der Waals surface area contributed by atoms with Crippen LogP contribution in [-0.2, 0) is 11.3 Å². The predicted molar refractivity (Wildman–Crippen MR) is 80.0 cm³/mol. The maximum atomic E-state index is 12.3. The number of amides is 2. The zero-order valence-electron chi connectivity index (χ0n) is 12.3. The number of hydrogen-bond donors (Lipinski definition) is 2. The number of anilines is 1. The van der Waals surface area contributed by atoms with Gasteiger partial charge in [-0.25, -0.2) is 0 Å². The van der Waals surface area contributed by atoms with Gasteiger partial charge in [0.05, 0.1) is 17.4 Å². The summed E-state index contributed by atoms with van der Waals surface area (Å²) >= 11 is 0. The summed E-state index contributed by atoms with van der Waals surface area (Å²) in [6.07, 6.45) is 1.68. The molecule has 0 saturated carbocycles. The fourth-order valence-corrected chi connectivity index (χ4v) is 1.95. The van der Waals surface area contributed by atoms with E-state index in [1.54, 1.807) is 37.5 Å². The first-order valence-electron chi connectivity index (χ1n) is 6.61. The van der Waals surface area contributed by atoms with Gasteiger partial charge in [0.25, 0.3) is 5.91 Å². The topological polar surface area (TPSA) is 78.1 Å². The van der Waals surface area contributed by atoms with Gasteiger partial charge in [-0.3, -0.25) is 14.7 Å². The Kier molecular flexibility index (Phi) is 4.37. The van der Waals surface area contributed by atoms with Crippen LogP contribution in [0.15, 0.2) is 30.5 Å². The first kappa shape index (κ1) is 14.8. The molecular weight excluding hydrogens is 268 g/mol. The molecule has 1 aromatic heterocycles. The number of benzene rings is 1. The van der Waals surface area contributed by atoms with Crippen LogP contribution in [0.5, 0.6) is 0 Å². The lowest BCUT2D eigenvalue weighted by Crippen LogP contribution is -2.29. The second-order valence-electron chi connectivity index (χ2n) is 4.80. The van der Waals surface area contributed by atoms with Crippen molar-refractivity contribution in [1.29, 1.82) is 0 Å². The zero-order chi connectivity index (χ0) is 15.4. The Morgan fingerprint density at radius 3 is 2.67 bits per heavy atom. The van der Waals surface area contributed by atoms with E-state index in [9.17, 15) is 9.59 Å². The van der Waals surface area contributed by atoms with E-state index in [0.717, 1.165) is 11.3 Å². The zero-order valence-corrected chi connectivity index (χ0v) is 12.3. The van der Waals surface area contributed by atoms with Crippen LogP contribution in [0.1, 0.15) is 28.5 Å². The predicted octanol–water partition coefficient (Wildman–Crippen LogP) is 1.63. The average Bonchev–Trinajstić information content (AvgIpc) is 2.89. The van der Waals surface area contributed by atoms with Crippen molar-refractivity contribution in [3.8, 4) is 0 Å². The lowest BCUT2D eigenvalue weighted by molar-refractivity contribution is -0.116. The van der Waals surface area contributed by atoms with Crippen LogP contribution in [0, 0.1) is 6.92 Å². The van der Waals surface area contributed by atoms with Crippen LogP contribution >= 0.6 is 0 Å². The Bertz CT molecular complexity index is 663. The molecule has 0 radical (unpaired) electrons. The molecule has 0 aliphatic carbocycles. The highest BCUT2D eigenvalue weighted by molar-refractivity contribution is 6.04. The Labute approximate surface area is 123 Å². The van der Waals surface area contributed by atoms with Crippen molar-refractivity contribution < 1.29 is 9.59 Å². The summed E-state index contributed by atoms with van der Waals surface area (Å²) in [6, 6.07) is 7.02. The van der Waals surface area contributed by atoms with Crippen molar-refractivity contribution in [1.82, 2.24) is 15.5 Å². The van der Waals surface area contributed by atoms with E-state index >= 15 is 0 Å². The van der Waals surface area contributed by atoms with Gasteiger partial charge < -0.3 is 10.2 Å². The summed E-state index contributed by atoms with van der Waals surface area (Å²) in [7, 11) is 1.65. The third-order valence-electron chi connectivity index (χ3n) is 3.36. The number of nitrogens with zero attached hydrogens (tertiary/aromatic N) is 2. The first-order valence-corrected chi connectivity index (χ1v) is 6.61. The summed E-state index contributed by atoms with van der Waals surface area (Å²) in [5, 5.41) is 9.57. The van der Waals surface area contributed by atoms with E-state index < -0.39 is 0 Å². The van der Waals surface area contributed by atoms with Crippen molar-refractivity contribution >= 4 is 17.5 Å². The SMILES string of the molecule is CC(=O)N(C)c1ccccc1C(=O)NCc1cn[nH]c1C. The van der Waals surface area contributed by atoms with Crippen LogP contribution in [0.25, 0.3) is 0 Å². The number of aryl methyl sites for hydroxylation is 1. The minimum Gasteiger partial charge on any atom is -0.348 e. The third kappa shape index (κ3) is 3.28. The van der Waals surface area contributed by atoms with Crippen molar-refractivity contribution in [2.75, 3.05) is 11.9 Å². The molecule has 0 aliphatic heterocycles. The highest BCUT2D eigenvalue weighted by atomic mass is 16.2. The maximum absolute atomic E-state index is 12.3. The number of hydrogen-bond acceptors (Lipinski definition) is 3. The third-order valence-corrected chi connectivity index (χ3v) is 3.36. The number of carbonyl (C=O) groups excluding carboxylic acids is 2. The second kappa shape index (κ2) is 6.21. The van der Waals surface area contributed by atoms with E-state index in [1.807, 2.05) is 6.92 Å². The second-order valence-corrected chi connectivity index (χ2v) is 4.80. The number of carbonyl (C=O) groups is 2. The van der Waals surface area contributed by atoms with Crippen molar-refractivity contribution in [3.05, 3.63) is 47.3 Å². The van der Waals surface area contributed by atoms with Crippen LogP contribution in [-0.4, -0.2) is 29.1 Å². The molecule has 6 nitrogen and oxygen atoms in total. The Morgan fingerprint density at radius 2 is 2.05 bits per heavy atom. The summed E-state index contributed by atoms with van der Waals surface area (Å²) < 4.78 is 0. The monoisotopic (exact) mass is 286 g/mol. The van der Waals surface area contributed by atoms with E-state index in [2.05, 4.69) is 15.5 Å². The summed E-state index contributed by atoms with van der Waals surface area (Å²) in [6.45, 7) is 3.74.